The van der Waals surface area contributed by atoms with Gasteiger partial charge in [-0.15, -0.1) is 0 Å². The molecule has 3 N–H and O–H groups in total. The molecule has 0 aliphatic carbocycles. The van der Waals surface area contributed by atoms with Gasteiger partial charge in [-0.25, -0.2) is 9.97 Å². The Hall–Kier alpha value is -3.36. The zero-order chi connectivity index (χ0) is 23.3. The van der Waals surface area contributed by atoms with Crippen LogP contribution in [0.4, 0.5) is 23.0 Å². The van der Waals surface area contributed by atoms with Gasteiger partial charge in [0.2, 0.25) is 5.95 Å². The van der Waals surface area contributed by atoms with Crippen LogP contribution in [0.25, 0.3) is 11.3 Å². The molecule has 0 radical (unpaired) electrons. The number of aromatic nitrogens is 2. The molecule has 0 saturated carbocycles. The number of nitrogen functional groups attached to an aromatic ring is 1. The summed E-state index contributed by atoms with van der Waals surface area (Å²) in [6.45, 7) is 5.75. The Morgan fingerprint density at radius 1 is 1.00 bits per heavy atom. The minimum absolute atomic E-state index is 0.152. The molecule has 2 aliphatic heterocycles. The molecule has 2 aliphatic rings. The second-order valence-electron chi connectivity index (χ2n) is 8.91. The number of rotatable bonds is 6. The van der Waals surface area contributed by atoms with Gasteiger partial charge in [0.1, 0.15) is 11.9 Å². The van der Waals surface area contributed by atoms with Crippen LogP contribution in [0, 0.1) is 0 Å². The molecular formula is C26H32N6O2. The maximum atomic E-state index is 6.30. The summed E-state index contributed by atoms with van der Waals surface area (Å²) in [5.74, 6) is 1.26. The van der Waals surface area contributed by atoms with E-state index in [0.29, 0.717) is 17.4 Å². The molecule has 8 nitrogen and oxygen atoms in total. The van der Waals surface area contributed by atoms with Crippen LogP contribution in [0.1, 0.15) is 12.8 Å². The SMILES string of the molecule is CN1CCN(c2ccc(Nc3nccc(-c4ccc(OC5CCOCC5)c(N)c4)n3)cc2)CC1. The molecule has 0 spiro atoms. The highest BCUT2D eigenvalue weighted by Crippen LogP contribution is 2.30. The molecule has 34 heavy (non-hydrogen) atoms. The van der Waals surface area contributed by atoms with Crippen molar-refractivity contribution in [1.82, 2.24) is 14.9 Å². The number of ether oxygens (including phenoxy) is 2. The average Bonchev–Trinajstić information content (AvgIpc) is 2.87. The van der Waals surface area contributed by atoms with Crippen LogP contribution in [0.5, 0.6) is 5.75 Å². The summed E-state index contributed by atoms with van der Waals surface area (Å²) >= 11 is 0. The first-order valence-corrected chi connectivity index (χ1v) is 11.9. The maximum absolute atomic E-state index is 6.30. The van der Waals surface area contributed by atoms with E-state index in [1.54, 1.807) is 6.20 Å². The number of nitrogens with two attached hydrogens (primary N) is 1. The van der Waals surface area contributed by atoms with Crippen LogP contribution in [-0.2, 0) is 4.74 Å². The summed E-state index contributed by atoms with van der Waals surface area (Å²) in [6, 6.07) is 16.1. The lowest BCUT2D eigenvalue weighted by molar-refractivity contribution is 0.0259. The first kappa shape index (κ1) is 22.4. The molecule has 2 fully saturated rings. The van der Waals surface area contributed by atoms with Crippen molar-refractivity contribution in [3.63, 3.8) is 0 Å². The number of anilines is 4. The van der Waals surface area contributed by atoms with Crippen molar-refractivity contribution in [3.8, 4) is 17.0 Å². The molecule has 0 bridgehead atoms. The average molecular weight is 461 g/mol. The highest BCUT2D eigenvalue weighted by atomic mass is 16.5. The van der Waals surface area contributed by atoms with E-state index >= 15 is 0 Å². The maximum Gasteiger partial charge on any atom is 0.227 e. The Labute approximate surface area is 200 Å². The summed E-state index contributed by atoms with van der Waals surface area (Å²) in [5, 5.41) is 3.31. The van der Waals surface area contributed by atoms with E-state index in [9.17, 15) is 0 Å². The Kier molecular flexibility index (Phi) is 6.78. The zero-order valence-electron chi connectivity index (χ0n) is 19.6. The first-order chi connectivity index (χ1) is 16.6. The van der Waals surface area contributed by atoms with Gasteiger partial charge in [-0.2, -0.15) is 0 Å². The van der Waals surface area contributed by atoms with E-state index in [1.807, 2.05) is 24.3 Å². The van der Waals surface area contributed by atoms with Gasteiger partial charge in [-0.05, 0) is 55.6 Å². The zero-order valence-corrected chi connectivity index (χ0v) is 19.6. The molecule has 2 aromatic carbocycles. The summed E-state index contributed by atoms with van der Waals surface area (Å²) in [7, 11) is 2.17. The van der Waals surface area contributed by atoms with E-state index < -0.39 is 0 Å². The molecule has 2 saturated heterocycles. The van der Waals surface area contributed by atoms with E-state index in [0.717, 1.165) is 69.2 Å². The fraction of sp³-hybridized carbons (Fsp3) is 0.385. The number of hydrogen-bond acceptors (Lipinski definition) is 8. The minimum atomic E-state index is 0.152. The molecule has 3 heterocycles. The van der Waals surface area contributed by atoms with E-state index in [4.69, 9.17) is 20.2 Å². The van der Waals surface area contributed by atoms with Crippen molar-refractivity contribution < 1.29 is 9.47 Å². The van der Waals surface area contributed by atoms with Crippen molar-refractivity contribution in [2.75, 3.05) is 62.4 Å². The summed E-state index contributed by atoms with van der Waals surface area (Å²) in [4.78, 5) is 13.9. The number of nitrogens with one attached hydrogen (secondary N) is 1. The normalized spacial score (nSPS) is 17.5. The van der Waals surface area contributed by atoms with Crippen LogP contribution in [0.2, 0.25) is 0 Å². The summed E-state index contributed by atoms with van der Waals surface area (Å²) < 4.78 is 11.5. The third-order valence-electron chi connectivity index (χ3n) is 6.41. The van der Waals surface area contributed by atoms with Crippen LogP contribution in [0.15, 0.2) is 54.7 Å². The third-order valence-corrected chi connectivity index (χ3v) is 6.41. The second kappa shape index (κ2) is 10.3. The fourth-order valence-corrected chi connectivity index (χ4v) is 4.32. The molecule has 0 amide bonds. The molecule has 0 unspecified atom stereocenters. The number of piperazine rings is 1. The molecule has 0 atom stereocenters. The standard InChI is InChI=1S/C26H32N6O2/c1-31-12-14-32(15-13-31)21-5-3-20(4-6-21)29-26-28-11-8-24(30-26)19-2-7-25(23(27)18-19)34-22-9-16-33-17-10-22/h2-8,11,18,22H,9-10,12-17,27H2,1H3,(H,28,29,30). The molecule has 178 valence electrons. The van der Waals surface area contributed by atoms with Crippen molar-refractivity contribution in [2.24, 2.45) is 0 Å². The van der Waals surface area contributed by atoms with Crippen LogP contribution >= 0.6 is 0 Å². The second-order valence-corrected chi connectivity index (χ2v) is 8.91. The lowest BCUT2D eigenvalue weighted by Gasteiger charge is -2.34. The van der Waals surface area contributed by atoms with Crippen molar-refractivity contribution in [1.29, 1.82) is 0 Å². The van der Waals surface area contributed by atoms with Gasteiger partial charge in [0.25, 0.3) is 0 Å². The van der Waals surface area contributed by atoms with Gasteiger partial charge in [0.15, 0.2) is 0 Å². The monoisotopic (exact) mass is 460 g/mol. The Morgan fingerprint density at radius 3 is 2.50 bits per heavy atom. The highest BCUT2D eigenvalue weighted by Gasteiger charge is 2.17. The van der Waals surface area contributed by atoms with Gasteiger partial charge in [-0.1, -0.05) is 0 Å². The van der Waals surface area contributed by atoms with Gasteiger partial charge in [0.05, 0.1) is 24.6 Å². The third kappa shape index (κ3) is 5.40. The van der Waals surface area contributed by atoms with Crippen molar-refractivity contribution >= 4 is 23.0 Å². The number of nitrogens with zero attached hydrogens (tertiary/aromatic N) is 4. The number of likely N-dealkylation sites (N-methyl/N-ethyl adjacent to an activating group) is 1. The Bertz CT molecular complexity index is 1090. The molecule has 1 aromatic heterocycles. The number of benzene rings is 2. The van der Waals surface area contributed by atoms with Crippen molar-refractivity contribution in [2.45, 2.75) is 18.9 Å². The smallest absolute Gasteiger partial charge is 0.227 e. The van der Waals surface area contributed by atoms with Gasteiger partial charge >= 0.3 is 0 Å². The van der Waals surface area contributed by atoms with Gasteiger partial charge in [-0.3, -0.25) is 0 Å². The van der Waals surface area contributed by atoms with Crippen molar-refractivity contribution in [3.05, 3.63) is 54.7 Å². The van der Waals surface area contributed by atoms with Crippen LogP contribution in [0.3, 0.4) is 0 Å². The fourth-order valence-electron chi connectivity index (χ4n) is 4.32. The Morgan fingerprint density at radius 2 is 1.76 bits per heavy atom. The first-order valence-electron chi connectivity index (χ1n) is 11.9. The lowest BCUT2D eigenvalue weighted by atomic mass is 10.1. The Balaban J connectivity index is 1.25. The molecule has 8 heteroatoms. The topological polar surface area (TPSA) is 88.8 Å². The minimum Gasteiger partial charge on any atom is -0.488 e. The van der Waals surface area contributed by atoms with E-state index in [2.05, 4.69) is 51.4 Å². The van der Waals surface area contributed by atoms with Crippen LogP contribution in [-0.4, -0.2) is 67.4 Å². The largest absolute Gasteiger partial charge is 0.488 e. The van der Waals surface area contributed by atoms with Crippen LogP contribution < -0.4 is 20.7 Å². The summed E-state index contributed by atoms with van der Waals surface area (Å²) in [5.41, 5.74) is 10.8. The lowest BCUT2D eigenvalue weighted by Crippen LogP contribution is -2.44. The predicted molar refractivity (Wildman–Crippen MR) is 136 cm³/mol. The molecular weight excluding hydrogens is 428 g/mol. The quantitative estimate of drug-likeness (QED) is 0.538. The van der Waals surface area contributed by atoms with E-state index in [1.165, 1.54) is 5.69 Å². The number of hydrogen-bond donors (Lipinski definition) is 2. The molecule has 5 rings (SSSR count). The summed E-state index contributed by atoms with van der Waals surface area (Å²) in [6.07, 6.45) is 3.68. The van der Waals surface area contributed by atoms with Gasteiger partial charge < -0.3 is 30.3 Å². The molecule has 3 aromatic rings. The van der Waals surface area contributed by atoms with Gasteiger partial charge in [0, 0.05) is 62.2 Å². The highest BCUT2D eigenvalue weighted by molar-refractivity contribution is 5.69. The predicted octanol–water partition coefficient (Wildman–Crippen LogP) is 3.78. The van der Waals surface area contributed by atoms with E-state index in [-0.39, 0.29) is 6.10 Å².